The zero-order chi connectivity index (χ0) is 31.2. The molecule has 0 aromatic carbocycles. The van der Waals surface area contributed by atoms with E-state index in [0.29, 0.717) is 11.8 Å². The smallest absolute Gasteiger partial charge is 0.0889 e. The average molecular weight is 613 g/mol. The van der Waals surface area contributed by atoms with Gasteiger partial charge in [0.1, 0.15) is 0 Å². The molecule has 0 atom stereocenters. The molecular weight excluding hydrogens is 564 g/mol. The molecule has 6 rings (SSSR count). The van der Waals surface area contributed by atoms with Crippen molar-refractivity contribution in [2.75, 3.05) is 0 Å². The van der Waals surface area contributed by atoms with Gasteiger partial charge in [0.2, 0.25) is 0 Å². The maximum atomic E-state index is 4.85. The molecule has 0 saturated carbocycles. The number of nitrogens with zero attached hydrogens (tertiary/aromatic N) is 6. The van der Waals surface area contributed by atoms with Crippen LogP contribution in [0.25, 0.3) is 11.4 Å². The zero-order valence-electron chi connectivity index (χ0n) is 27.0. The monoisotopic (exact) mass is 612 g/mol. The quantitative estimate of drug-likeness (QED) is 0.0915. The highest BCUT2D eigenvalue weighted by molar-refractivity contribution is 5.56. The Balaban J connectivity index is 1.16. The number of aryl methyl sites for hydroxylation is 4. The molecule has 0 unspecified atom stereocenters. The molecule has 0 aliphatic rings. The summed E-state index contributed by atoms with van der Waals surface area (Å²) in [5.74, 6) is 0.984. The van der Waals surface area contributed by atoms with Gasteiger partial charge in [-0.3, -0.25) is 9.97 Å². The van der Waals surface area contributed by atoms with Crippen LogP contribution in [0.15, 0.2) is 135 Å². The molecule has 0 fully saturated rings. The molecule has 0 bridgehead atoms. The van der Waals surface area contributed by atoms with Crippen molar-refractivity contribution in [3.63, 3.8) is 0 Å². The van der Waals surface area contributed by atoms with Crippen LogP contribution in [0.2, 0.25) is 0 Å². The fraction of sp³-hybridized carbons (Fsp3) is 0.350. The van der Waals surface area contributed by atoms with Gasteiger partial charge < -0.3 is 18.3 Å². The third-order valence-electron chi connectivity index (χ3n) is 9.31. The lowest BCUT2D eigenvalue weighted by molar-refractivity contribution is 0.482. The lowest BCUT2D eigenvalue weighted by atomic mass is 9.88. The highest BCUT2D eigenvalue weighted by Crippen LogP contribution is 2.32. The van der Waals surface area contributed by atoms with Gasteiger partial charge in [-0.2, -0.15) is 0 Å². The first-order chi connectivity index (χ1) is 22.8. The van der Waals surface area contributed by atoms with Gasteiger partial charge in [0, 0.05) is 88.1 Å². The van der Waals surface area contributed by atoms with E-state index >= 15 is 0 Å². The minimum atomic E-state index is 0.492. The summed E-state index contributed by atoms with van der Waals surface area (Å²) in [6, 6.07) is 26.0. The molecule has 238 valence electrons. The first kappa shape index (κ1) is 31.4. The second-order valence-electron chi connectivity index (χ2n) is 12.6. The van der Waals surface area contributed by atoms with Crippen LogP contribution in [-0.4, -0.2) is 28.2 Å². The summed E-state index contributed by atoms with van der Waals surface area (Å²) in [7, 11) is 0. The van der Waals surface area contributed by atoms with E-state index in [9.17, 15) is 0 Å². The summed E-state index contributed by atoms with van der Waals surface area (Å²) in [6.45, 7) is 4.22. The molecule has 0 aliphatic heterocycles. The summed E-state index contributed by atoms with van der Waals surface area (Å²) >= 11 is 0. The summed E-state index contributed by atoms with van der Waals surface area (Å²) in [6.07, 6.45) is 30.6. The lowest BCUT2D eigenvalue weighted by Gasteiger charge is -2.20. The fourth-order valence-corrected chi connectivity index (χ4v) is 6.80. The Morgan fingerprint density at radius 3 is 0.978 bits per heavy atom. The van der Waals surface area contributed by atoms with Crippen LogP contribution in [0.1, 0.15) is 74.3 Å². The molecule has 0 saturated heterocycles. The van der Waals surface area contributed by atoms with Gasteiger partial charge in [0.05, 0.1) is 11.4 Å². The molecule has 6 nitrogen and oxygen atoms in total. The standard InChI is InChI=1S/C40H48N6/c1-2-22-43(21-1)29-9-13-35(14-10-30-44-23-3-4-24-44)37-17-19-41-39(33-37)40-34-38(18-20-42-40)36(15-11-31-45-25-5-6-26-45)16-12-32-46-27-7-8-28-46/h1-8,17-28,33-36H,9-16,29-32H2. The van der Waals surface area contributed by atoms with E-state index in [1.807, 2.05) is 12.4 Å². The van der Waals surface area contributed by atoms with E-state index in [4.69, 9.17) is 9.97 Å². The van der Waals surface area contributed by atoms with Crippen molar-refractivity contribution in [2.24, 2.45) is 0 Å². The first-order valence-electron chi connectivity index (χ1n) is 17.2. The molecule has 6 heteroatoms. The van der Waals surface area contributed by atoms with Gasteiger partial charge in [0.25, 0.3) is 0 Å². The van der Waals surface area contributed by atoms with Crippen molar-refractivity contribution in [3.8, 4) is 11.4 Å². The molecule has 46 heavy (non-hydrogen) atoms. The zero-order valence-corrected chi connectivity index (χ0v) is 27.0. The van der Waals surface area contributed by atoms with Gasteiger partial charge in [-0.15, -0.1) is 0 Å². The number of pyridine rings is 2. The second kappa shape index (κ2) is 16.6. The number of hydrogen-bond donors (Lipinski definition) is 0. The molecule has 0 N–H and O–H groups in total. The maximum absolute atomic E-state index is 4.85. The summed E-state index contributed by atoms with van der Waals surface area (Å²) < 4.78 is 9.16. The number of aromatic nitrogens is 6. The van der Waals surface area contributed by atoms with Gasteiger partial charge >= 0.3 is 0 Å². The Labute approximate surface area is 274 Å². The molecule has 6 aromatic rings. The molecular formula is C40H48N6. The predicted molar refractivity (Wildman–Crippen MR) is 188 cm³/mol. The van der Waals surface area contributed by atoms with Crippen molar-refractivity contribution in [3.05, 3.63) is 146 Å². The van der Waals surface area contributed by atoms with Crippen LogP contribution in [0.3, 0.4) is 0 Å². The Morgan fingerprint density at radius 2 is 0.696 bits per heavy atom. The summed E-state index contributed by atoms with van der Waals surface area (Å²) in [5, 5.41) is 0. The summed E-state index contributed by atoms with van der Waals surface area (Å²) in [5.41, 5.74) is 4.73. The van der Waals surface area contributed by atoms with Crippen molar-refractivity contribution in [1.82, 2.24) is 28.2 Å². The number of rotatable bonds is 19. The third-order valence-corrected chi connectivity index (χ3v) is 9.31. The minimum Gasteiger partial charge on any atom is -0.354 e. The molecule has 0 spiro atoms. The Bertz CT molecular complexity index is 1440. The van der Waals surface area contributed by atoms with Crippen LogP contribution in [0.4, 0.5) is 0 Å². The molecule has 0 radical (unpaired) electrons. The fourth-order valence-electron chi connectivity index (χ4n) is 6.80. The third kappa shape index (κ3) is 9.23. The SMILES string of the molecule is c1ccn(CCCC(CCCn2cccc2)c2ccnc(-c3cc(C(CCCn4cccc4)CCCn4cccc4)ccn3)c2)c1. The van der Waals surface area contributed by atoms with Gasteiger partial charge in [-0.25, -0.2) is 0 Å². The molecule has 0 amide bonds. The van der Waals surface area contributed by atoms with Gasteiger partial charge in [-0.1, -0.05) is 0 Å². The summed E-state index contributed by atoms with van der Waals surface area (Å²) in [4.78, 5) is 9.70. The van der Waals surface area contributed by atoms with E-state index in [1.54, 1.807) is 0 Å². The van der Waals surface area contributed by atoms with E-state index in [2.05, 4.69) is 141 Å². The Kier molecular flexibility index (Phi) is 11.4. The van der Waals surface area contributed by atoms with Crippen LogP contribution >= 0.6 is 0 Å². The van der Waals surface area contributed by atoms with Crippen LogP contribution < -0.4 is 0 Å². The topological polar surface area (TPSA) is 45.5 Å². The Hall–Kier alpha value is -4.58. The van der Waals surface area contributed by atoms with Gasteiger partial charge in [0.15, 0.2) is 0 Å². The van der Waals surface area contributed by atoms with Crippen molar-refractivity contribution in [1.29, 1.82) is 0 Å². The second-order valence-corrected chi connectivity index (χ2v) is 12.6. The minimum absolute atomic E-state index is 0.492. The van der Waals surface area contributed by atoms with Crippen LogP contribution in [-0.2, 0) is 26.2 Å². The highest BCUT2D eigenvalue weighted by atomic mass is 14.9. The van der Waals surface area contributed by atoms with Crippen molar-refractivity contribution in [2.45, 2.75) is 89.4 Å². The highest BCUT2D eigenvalue weighted by Gasteiger charge is 2.16. The Morgan fingerprint density at radius 1 is 0.413 bits per heavy atom. The van der Waals surface area contributed by atoms with Gasteiger partial charge in [-0.05, 0) is 147 Å². The van der Waals surface area contributed by atoms with Crippen molar-refractivity contribution < 1.29 is 0 Å². The predicted octanol–water partition coefficient (Wildman–Crippen LogP) is 9.44. The number of hydrogen-bond acceptors (Lipinski definition) is 2. The maximum Gasteiger partial charge on any atom is 0.0889 e. The largest absolute Gasteiger partial charge is 0.354 e. The van der Waals surface area contributed by atoms with E-state index in [1.165, 1.54) is 11.1 Å². The van der Waals surface area contributed by atoms with Crippen molar-refractivity contribution >= 4 is 0 Å². The first-order valence-corrected chi connectivity index (χ1v) is 17.2. The van der Waals surface area contributed by atoms with E-state index in [0.717, 1.165) is 88.9 Å². The molecule has 0 aliphatic carbocycles. The average Bonchev–Trinajstić information content (AvgIpc) is 3.93. The van der Waals surface area contributed by atoms with Crippen LogP contribution in [0, 0.1) is 0 Å². The van der Waals surface area contributed by atoms with E-state index < -0.39 is 0 Å². The van der Waals surface area contributed by atoms with Crippen LogP contribution in [0.5, 0.6) is 0 Å². The lowest BCUT2D eigenvalue weighted by Crippen LogP contribution is -2.06. The van der Waals surface area contributed by atoms with E-state index in [-0.39, 0.29) is 0 Å². The molecule has 6 aromatic heterocycles. The normalized spacial score (nSPS) is 11.6. The molecule has 6 heterocycles.